The summed E-state index contributed by atoms with van der Waals surface area (Å²) in [5, 5.41) is 0.919. The zero-order valence-electron chi connectivity index (χ0n) is 5.20. The number of halogens is 2. The van der Waals surface area contributed by atoms with Crippen LogP contribution in [-0.4, -0.2) is 0 Å². The number of hydrogen-bond acceptors (Lipinski definition) is 1. The fraction of sp³-hybridized carbons (Fsp3) is 0. The second-order valence-electron chi connectivity index (χ2n) is 1.93. The highest BCUT2D eigenvalue weighted by Gasteiger charge is 2.02. The molecule has 1 radical (unpaired) electrons. The average molecular weight is 175 g/mol. The molecule has 2 N–H and O–H groups in total. The van der Waals surface area contributed by atoms with Gasteiger partial charge in [0.25, 0.3) is 0 Å². The molecule has 0 saturated carbocycles. The predicted octanol–water partition coefficient (Wildman–Crippen LogP) is 2.76. The second kappa shape index (κ2) is 2.69. The summed E-state index contributed by atoms with van der Waals surface area (Å²) in [4.78, 5) is 0. The van der Waals surface area contributed by atoms with Gasteiger partial charge in [-0.2, -0.15) is 0 Å². The summed E-state index contributed by atoms with van der Waals surface area (Å²) < 4.78 is 0. The summed E-state index contributed by atoms with van der Waals surface area (Å²) in [5.74, 6) is 0. The molecule has 1 rings (SSSR count). The lowest BCUT2D eigenvalue weighted by Gasteiger charge is -2.02. The number of nitrogen functional groups attached to an aromatic ring is 1. The van der Waals surface area contributed by atoms with E-state index in [0.29, 0.717) is 21.3 Å². The molecule has 0 spiro atoms. The molecular formula is C7H6Cl2N. The van der Waals surface area contributed by atoms with Crippen molar-refractivity contribution in [3.8, 4) is 0 Å². The molecule has 0 aliphatic carbocycles. The van der Waals surface area contributed by atoms with Crippen LogP contribution in [0.5, 0.6) is 0 Å². The summed E-state index contributed by atoms with van der Waals surface area (Å²) in [6.07, 6.45) is 0. The first-order valence-electron chi connectivity index (χ1n) is 2.68. The van der Waals surface area contributed by atoms with Crippen molar-refractivity contribution >= 4 is 28.9 Å². The van der Waals surface area contributed by atoms with Gasteiger partial charge in [0.2, 0.25) is 0 Å². The van der Waals surface area contributed by atoms with Crippen LogP contribution in [0.2, 0.25) is 10.0 Å². The van der Waals surface area contributed by atoms with E-state index in [0.717, 1.165) is 0 Å². The number of anilines is 1. The Morgan fingerprint density at radius 1 is 1.30 bits per heavy atom. The van der Waals surface area contributed by atoms with Crippen molar-refractivity contribution in [2.75, 3.05) is 5.73 Å². The Labute approximate surface area is 69.7 Å². The predicted molar refractivity (Wildman–Crippen MR) is 45.3 cm³/mol. The molecule has 0 heterocycles. The highest BCUT2D eigenvalue weighted by atomic mass is 35.5. The fourth-order valence-electron chi connectivity index (χ4n) is 0.608. The standard InChI is InChI=1S/C7H6Cl2N/c1-4-6(10)3-2-5(8)7(4)9/h2-3H,1,10H2. The van der Waals surface area contributed by atoms with Gasteiger partial charge < -0.3 is 5.73 Å². The van der Waals surface area contributed by atoms with Crippen molar-refractivity contribution < 1.29 is 0 Å². The molecule has 1 nitrogen and oxygen atoms in total. The summed E-state index contributed by atoms with van der Waals surface area (Å²) in [7, 11) is 0. The molecule has 1 aromatic rings. The molecule has 0 aromatic heterocycles. The monoisotopic (exact) mass is 174 g/mol. The van der Waals surface area contributed by atoms with Gasteiger partial charge in [0.05, 0.1) is 10.0 Å². The minimum atomic E-state index is 0.432. The fourth-order valence-corrected chi connectivity index (χ4v) is 0.957. The van der Waals surface area contributed by atoms with Gasteiger partial charge in [0, 0.05) is 5.69 Å². The summed E-state index contributed by atoms with van der Waals surface area (Å²) >= 11 is 11.4. The maximum atomic E-state index is 5.71. The van der Waals surface area contributed by atoms with Crippen LogP contribution in [0.15, 0.2) is 12.1 Å². The molecule has 0 bridgehead atoms. The smallest absolute Gasteiger partial charge is 0.0644 e. The Morgan fingerprint density at radius 3 is 2.40 bits per heavy atom. The summed E-state index contributed by atoms with van der Waals surface area (Å²) in [6, 6.07) is 3.32. The maximum absolute atomic E-state index is 5.71. The Bertz CT molecular complexity index is 231. The first kappa shape index (κ1) is 7.70. The topological polar surface area (TPSA) is 26.0 Å². The van der Waals surface area contributed by atoms with Crippen LogP contribution in [0, 0.1) is 6.92 Å². The number of benzene rings is 1. The van der Waals surface area contributed by atoms with E-state index in [2.05, 4.69) is 6.92 Å². The van der Waals surface area contributed by atoms with Crippen LogP contribution in [0.25, 0.3) is 0 Å². The third kappa shape index (κ3) is 1.20. The normalized spacial score (nSPS) is 9.90. The molecule has 0 atom stereocenters. The third-order valence-corrected chi connectivity index (χ3v) is 2.08. The molecule has 1 aromatic carbocycles. The van der Waals surface area contributed by atoms with E-state index in [-0.39, 0.29) is 0 Å². The molecule has 0 fully saturated rings. The SMILES string of the molecule is [CH2]c1c(N)ccc(Cl)c1Cl. The number of hydrogen-bond donors (Lipinski definition) is 1. The average Bonchev–Trinajstić information content (AvgIpc) is 1.93. The van der Waals surface area contributed by atoms with Crippen LogP contribution in [0.3, 0.4) is 0 Å². The Balaban J connectivity index is 3.34. The van der Waals surface area contributed by atoms with Gasteiger partial charge in [-0.25, -0.2) is 0 Å². The van der Waals surface area contributed by atoms with Gasteiger partial charge in [0.1, 0.15) is 0 Å². The largest absolute Gasteiger partial charge is 0.398 e. The molecule has 0 amide bonds. The second-order valence-corrected chi connectivity index (χ2v) is 2.71. The van der Waals surface area contributed by atoms with E-state index in [4.69, 9.17) is 28.9 Å². The van der Waals surface area contributed by atoms with Crippen molar-refractivity contribution in [3.05, 3.63) is 34.7 Å². The number of rotatable bonds is 0. The lowest BCUT2D eigenvalue weighted by Crippen LogP contribution is -1.89. The maximum Gasteiger partial charge on any atom is 0.0644 e. The third-order valence-electron chi connectivity index (χ3n) is 1.23. The van der Waals surface area contributed by atoms with Crippen molar-refractivity contribution in [2.45, 2.75) is 0 Å². The first-order chi connectivity index (χ1) is 4.63. The lowest BCUT2D eigenvalue weighted by atomic mass is 10.2. The van der Waals surface area contributed by atoms with Crippen molar-refractivity contribution in [1.29, 1.82) is 0 Å². The van der Waals surface area contributed by atoms with Crippen LogP contribution >= 0.6 is 23.2 Å². The highest BCUT2D eigenvalue weighted by molar-refractivity contribution is 6.42. The van der Waals surface area contributed by atoms with E-state index in [1.54, 1.807) is 12.1 Å². The quantitative estimate of drug-likeness (QED) is 0.602. The Hall–Kier alpha value is -0.400. The first-order valence-corrected chi connectivity index (χ1v) is 3.44. The molecule has 0 unspecified atom stereocenters. The van der Waals surface area contributed by atoms with Crippen molar-refractivity contribution in [2.24, 2.45) is 0 Å². The summed E-state index contributed by atoms with van der Waals surface area (Å²) in [5.41, 5.74) is 6.64. The van der Waals surface area contributed by atoms with Gasteiger partial charge in [-0.1, -0.05) is 23.2 Å². The van der Waals surface area contributed by atoms with Crippen LogP contribution in [-0.2, 0) is 0 Å². The minimum Gasteiger partial charge on any atom is -0.398 e. The zero-order valence-corrected chi connectivity index (χ0v) is 6.71. The van der Waals surface area contributed by atoms with Gasteiger partial charge in [-0.05, 0) is 24.6 Å². The highest BCUT2D eigenvalue weighted by Crippen LogP contribution is 2.28. The molecule has 53 valence electrons. The molecule has 0 aliphatic rings. The van der Waals surface area contributed by atoms with Gasteiger partial charge >= 0.3 is 0 Å². The number of nitrogens with two attached hydrogens (primary N) is 1. The molecule has 10 heavy (non-hydrogen) atoms. The van der Waals surface area contributed by atoms with E-state index in [9.17, 15) is 0 Å². The molecular weight excluding hydrogens is 169 g/mol. The van der Waals surface area contributed by atoms with Crippen LogP contribution < -0.4 is 5.73 Å². The summed E-state index contributed by atoms with van der Waals surface area (Å²) in [6.45, 7) is 3.64. The van der Waals surface area contributed by atoms with Gasteiger partial charge in [-0.3, -0.25) is 0 Å². The van der Waals surface area contributed by atoms with Crippen molar-refractivity contribution in [1.82, 2.24) is 0 Å². The molecule has 0 saturated heterocycles. The Kier molecular flexibility index (Phi) is 2.07. The zero-order chi connectivity index (χ0) is 7.72. The van der Waals surface area contributed by atoms with E-state index >= 15 is 0 Å². The van der Waals surface area contributed by atoms with Crippen LogP contribution in [0.4, 0.5) is 5.69 Å². The lowest BCUT2D eigenvalue weighted by molar-refractivity contribution is 1.60. The van der Waals surface area contributed by atoms with Gasteiger partial charge in [-0.15, -0.1) is 0 Å². The minimum absolute atomic E-state index is 0.432. The van der Waals surface area contributed by atoms with E-state index < -0.39 is 0 Å². The van der Waals surface area contributed by atoms with Gasteiger partial charge in [0.15, 0.2) is 0 Å². The molecule has 0 aliphatic heterocycles. The van der Waals surface area contributed by atoms with E-state index in [1.165, 1.54) is 0 Å². The Morgan fingerprint density at radius 2 is 1.90 bits per heavy atom. The van der Waals surface area contributed by atoms with Crippen LogP contribution in [0.1, 0.15) is 5.56 Å². The van der Waals surface area contributed by atoms with Crippen molar-refractivity contribution in [3.63, 3.8) is 0 Å². The van der Waals surface area contributed by atoms with E-state index in [1.807, 2.05) is 0 Å². The molecule has 3 heteroatoms.